The average Bonchev–Trinajstić information content (AvgIpc) is 3.67. The molecule has 0 radical (unpaired) electrons. The quantitative estimate of drug-likeness (QED) is 0.356. The molecule has 1 aliphatic heterocycles. The summed E-state index contributed by atoms with van der Waals surface area (Å²) in [6.45, 7) is 0.578. The smallest absolute Gasteiger partial charge is 0.280 e. The predicted octanol–water partition coefficient (Wildman–Crippen LogP) is 5.07. The van der Waals surface area contributed by atoms with Crippen LogP contribution >= 0.6 is 11.3 Å². The summed E-state index contributed by atoms with van der Waals surface area (Å²) in [6, 6.07) is 4.21. The van der Waals surface area contributed by atoms with E-state index < -0.39 is 18.1 Å². The number of anilines is 1. The van der Waals surface area contributed by atoms with Crippen LogP contribution in [0.1, 0.15) is 65.7 Å². The molecule has 9 nitrogen and oxygen atoms in total. The lowest BCUT2D eigenvalue weighted by atomic mass is 9.90. The minimum absolute atomic E-state index is 0.00142. The SMILES string of the molecule is O=C(N[C@H]1CCC[C@@H](n2c(-c3ncccc3F)nc3cnc(N4CCCC4=O)cc32)C1)c1ncc(C(F)F)s1. The summed E-state index contributed by atoms with van der Waals surface area (Å²) in [6.07, 6.45) is 5.36. The molecule has 5 heterocycles. The fourth-order valence-corrected chi connectivity index (χ4v) is 6.06. The number of hydrogen-bond donors (Lipinski definition) is 1. The number of halogens is 3. The van der Waals surface area contributed by atoms with E-state index in [4.69, 9.17) is 0 Å². The summed E-state index contributed by atoms with van der Waals surface area (Å²) in [4.78, 5) is 43.8. The van der Waals surface area contributed by atoms with Crippen molar-refractivity contribution in [3.05, 3.63) is 52.5 Å². The number of hydrogen-bond acceptors (Lipinski definition) is 7. The van der Waals surface area contributed by atoms with Gasteiger partial charge >= 0.3 is 0 Å². The highest BCUT2D eigenvalue weighted by Crippen LogP contribution is 2.37. The van der Waals surface area contributed by atoms with E-state index in [2.05, 4.69) is 25.3 Å². The number of nitrogens with zero attached hydrogens (tertiary/aromatic N) is 6. The molecule has 1 saturated heterocycles. The van der Waals surface area contributed by atoms with Gasteiger partial charge in [0.15, 0.2) is 16.6 Å². The van der Waals surface area contributed by atoms with Crippen LogP contribution in [0.5, 0.6) is 0 Å². The third-order valence-electron chi connectivity index (χ3n) is 7.16. The van der Waals surface area contributed by atoms with Crippen LogP contribution in [0.2, 0.25) is 0 Å². The Kier molecular flexibility index (Phi) is 6.75. The lowest BCUT2D eigenvalue weighted by Gasteiger charge is -2.32. The van der Waals surface area contributed by atoms with Gasteiger partial charge in [0.05, 0.1) is 16.6 Å². The van der Waals surface area contributed by atoms with Crippen LogP contribution in [-0.4, -0.2) is 48.9 Å². The number of thiazole rings is 1. The third-order valence-corrected chi connectivity index (χ3v) is 8.16. The summed E-state index contributed by atoms with van der Waals surface area (Å²) in [5.41, 5.74) is 1.33. The maximum absolute atomic E-state index is 14.9. The van der Waals surface area contributed by atoms with Gasteiger partial charge in [0, 0.05) is 43.5 Å². The Morgan fingerprint density at radius 2 is 2.03 bits per heavy atom. The molecule has 0 unspecified atom stereocenters. The maximum atomic E-state index is 14.9. The van der Waals surface area contributed by atoms with Crippen molar-refractivity contribution < 1.29 is 22.8 Å². The molecule has 4 aromatic rings. The van der Waals surface area contributed by atoms with Crippen LogP contribution in [0.4, 0.5) is 19.0 Å². The lowest BCUT2D eigenvalue weighted by molar-refractivity contribution is -0.117. The molecule has 13 heteroatoms. The molecule has 0 bridgehead atoms. The Morgan fingerprint density at radius 1 is 1.15 bits per heavy atom. The number of fused-ring (bicyclic) bond motifs is 1. The standard InChI is InChI=1S/C26H24F3N7O2S/c27-16-6-2-8-30-22(16)24-34-17-12-31-20(35-9-3-7-21(35)37)11-18(17)36(24)15-5-1-4-14(10-15)33-25(38)26-32-13-19(39-26)23(28)29/h2,6,8,11-15,23H,1,3-5,7,9-10H2,(H,33,38)/t14-,15+/m0/s1. The van der Waals surface area contributed by atoms with Gasteiger partial charge in [0.2, 0.25) is 5.91 Å². The van der Waals surface area contributed by atoms with Gasteiger partial charge in [-0.1, -0.05) is 0 Å². The first-order valence-electron chi connectivity index (χ1n) is 12.7. The number of nitrogens with one attached hydrogen (secondary N) is 1. The molecule has 2 fully saturated rings. The molecule has 2 atom stereocenters. The maximum Gasteiger partial charge on any atom is 0.280 e. The van der Waals surface area contributed by atoms with E-state index in [1.807, 2.05) is 4.57 Å². The monoisotopic (exact) mass is 555 g/mol. The highest BCUT2D eigenvalue weighted by Gasteiger charge is 2.31. The van der Waals surface area contributed by atoms with Crippen LogP contribution < -0.4 is 10.2 Å². The van der Waals surface area contributed by atoms with Gasteiger partial charge < -0.3 is 9.88 Å². The van der Waals surface area contributed by atoms with E-state index in [1.54, 1.807) is 17.2 Å². The Morgan fingerprint density at radius 3 is 2.77 bits per heavy atom. The zero-order valence-corrected chi connectivity index (χ0v) is 21.5. The number of pyridine rings is 2. The van der Waals surface area contributed by atoms with E-state index in [1.165, 1.54) is 18.3 Å². The molecule has 2 aliphatic rings. The Hall–Kier alpha value is -3.87. The largest absolute Gasteiger partial charge is 0.347 e. The molecule has 39 heavy (non-hydrogen) atoms. The van der Waals surface area contributed by atoms with Crippen molar-refractivity contribution in [3.63, 3.8) is 0 Å². The van der Waals surface area contributed by atoms with Gasteiger partial charge in [0.25, 0.3) is 12.3 Å². The number of carbonyl (C=O) groups is 2. The van der Waals surface area contributed by atoms with Gasteiger partial charge in [-0.15, -0.1) is 11.3 Å². The first-order chi connectivity index (χ1) is 18.9. The first-order valence-corrected chi connectivity index (χ1v) is 13.5. The third kappa shape index (κ3) is 4.86. The molecular formula is C26H24F3N7O2S. The van der Waals surface area contributed by atoms with Crippen molar-refractivity contribution >= 4 is 40.0 Å². The highest BCUT2D eigenvalue weighted by atomic mass is 32.1. The van der Waals surface area contributed by atoms with Gasteiger partial charge in [-0.3, -0.25) is 14.5 Å². The number of imidazole rings is 1. The Bertz CT molecular complexity index is 1560. The van der Waals surface area contributed by atoms with Crippen LogP contribution in [0.25, 0.3) is 22.6 Å². The number of aromatic nitrogens is 5. The fraction of sp³-hybridized carbons (Fsp3) is 0.385. The predicted molar refractivity (Wildman–Crippen MR) is 138 cm³/mol. The molecule has 1 aliphatic carbocycles. The van der Waals surface area contributed by atoms with E-state index in [9.17, 15) is 22.8 Å². The summed E-state index contributed by atoms with van der Waals surface area (Å²) < 4.78 is 42.8. The zero-order chi connectivity index (χ0) is 27.1. The summed E-state index contributed by atoms with van der Waals surface area (Å²) in [7, 11) is 0. The molecule has 202 valence electrons. The van der Waals surface area contributed by atoms with E-state index >= 15 is 0 Å². The summed E-state index contributed by atoms with van der Waals surface area (Å²) >= 11 is 0.676. The van der Waals surface area contributed by atoms with Gasteiger partial charge in [-0.05, 0) is 44.2 Å². The van der Waals surface area contributed by atoms with Crippen molar-refractivity contribution in [2.45, 2.75) is 57.0 Å². The molecule has 1 saturated carbocycles. The second-order valence-corrected chi connectivity index (χ2v) is 10.7. The number of rotatable bonds is 6. The topological polar surface area (TPSA) is 106 Å². The number of amides is 2. The zero-order valence-electron chi connectivity index (χ0n) is 20.7. The van der Waals surface area contributed by atoms with E-state index in [0.717, 1.165) is 25.5 Å². The molecule has 1 N–H and O–H groups in total. The Balaban J connectivity index is 1.35. The summed E-state index contributed by atoms with van der Waals surface area (Å²) in [5.74, 6) is -0.160. The first kappa shape index (κ1) is 25.4. The van der Waals surface area contributed by atoms with Gasteiger partial charge in [-0.2, -0.15) is 0 Å². The molecule has 4 aromatic heterocycles. The molecule has 2 amide bonds. The van der Waals surface area contributed by atoms with E-state index in [0.29, 0.717) is 59.8 Å². The Labute approximate surface area is 225 Å². The second kappa shape index (κ2) is 10.4. The summed E-state index contributed by atoms with van der Waals surface area (Å²) in [5, 5.41) is 2.92. The van der Waals surface area contributed by atoms with Crippen LogP contribution in [0.15, 0.2) is 36.8 Å². The minimum Gasteiger partial charge on any atom is -0.347 e. The molecule has 0 aromatic carbocycles. The molecule has 0 spiro atoms. The van der Waals surface area contributed by atoms with Crippen molar-refractivity contribution in [2.24, 2.45) is 0 Å². The van der Waals surface area contributed by atoms with Crippen molar-refractivity contribution in [1.82, 2.24) is 29.8 Å². The molecule has 6 rings (SSSR count). The van der Waals surface area contributed by atoms with Crippen molar-refractivity contribution in [3.8, 4) is 11.5 Å². The molecular weight excluding hydrogens is 531 g/mol. The minimum atomic E-state index is -2.68. The van der Waals surface area contributed by atoms with Crippen LogP contribution in [-0.2, 0) is 4.79 Å². The van der Waals surface area contributed by atoms with Crippen molar-refractivity contribution in [1.29, 1.82) is 0 Å². The highest BCUT2D eigenvalue weighted by molar-refractivity contribution is 7.13. The fourth-order valence-electron chi connectivity index (χ4n) is 5.38. The average molecular weight is 556 g/mol. The van der Waals surface area contributed by atoms with Crippen molar-refractivity contribution in [2.75, 3.05) is 11.4 Å². The lowest BCUT2D eigenvalue weighted by Crippen LogP contribution is -2.39. The van der Waals surface area contributed by atoms with Gasteiger partial charge in [-0.25, -0.2) is 33.1 Å². The van der Waals surface area contributed by atoms with Crippen LogP contribution in [0, 0.1) is 5.82 Å². The number of alkyl halides is 2. The number of carbonyl (C=O) groups excluding carboxylic acids is 2. The van der Waals surface area contributed by atoms with E-state index in [-0.39, 0.29) is 33.6 Å². The van der Waals surface area contributed by atoms with Crippen LogP contribution in [0.3, 0.4) is 0 Å². The van der Waals surface area contributed by atoms with Gasteiger partial charge in [0.1, 0.15) is 17.0 Å². The second-order valence-electron chi connectivity index (χ2n) is 9.68. The normalized spacial score (nSPS) is 19.8.